The number of carbonyl (C=O) groups excluding carboxylic acids is 1. The second-order valence-corrected chi connectivity index (χ2v) is 2.68. The number of phenols is 1. The van der Waals surface area contributed by atoms with Gasteiger partial charge in [0.15, 0.2) is 6.29 Å². The summed E-state index contributed by atoms with van der Waals surface area (Å²) in [6, 6.07) is 2.98. The predicted molar refractivity (Wildman–Crippen MR) is 51.8 cm³/mol. The van der Waals surface area contributed by atoms with Crippen LogP contribution >= 0.6 is 0 Å². The molecule has 0 aliphatic rings. The van der Waals surface area contributed by atoms with Gasteiger partial charge in [-0.1, -0.05) is 6.08 Å². The predicted octanol–water partition coefficient (Wildman–Crippen LogP) is 1.52. The Morgan fingerprint density at radius 2 is 2.23 bits per heavy atom. The van der Waals surface area contributed by atoms with E-state index in [4.69, 9.17) is 5.73 Å². The van der Waals surface area contributed by atoms with Gasteiger partial charge in [-0.25, -0.2) is 0 Å². The third kappa shape index (κ3) is 1.69. The zero-order valence-corrected chi connectivity index (χ0v) is 7.16. The van der Waals surface area contributed by atoms with Crippen molar-refractivity contribution in [3.63, 3.8) is 0 Å². The molecule has 0 aliphatic heterocycles. The smallest absolute Gasteiger partial charge is 0.154 e. The Hall–Kier alpha value is -1.77. The molecular weight excluding hydrogens is 166 g/mol. The number of nitrogen functional groups attached to an aromatic ring is 1. The minimum Gasteiger partial charge on any atom is -0.507 e. The van der Waals surface area contributed by atoms with Gasteiger partial charge in [-0.2, -0.15) is 0 Å². The molecule has 0 bridgehead atoms. The van der Waals surface area contributed by atoms with E-state index in [1.54, 1.807) is 12.1 Å². The minimum absolute atomic E-state index is 0.0407. The van der Waals surface area contributed by atoms with Gasteiger partial charge < -0.3 is 10.8 Å². The molecule has 3 nitrogen and oxygen atoms in total. The second kappa shape index (κ2) is 3.76. The van der Waals surface area contributed by atoms with Crippen LogP contribution in [0.15, 0.2) is 24.8 Å². The van der Waals surface area contributed by atoms with Crippen molar-refractivity contribution < 1.29 is 9.90 Å². The Labute approximate surface area is 76.5 Å². The summed E-state index contributed by atoms with van der Waals surface area (Å²) in [7, 11) is 0. The van der Waals surface area contributed by atoms with Crippen molar-refractivity contribution in [2.75, 3.05) is 5.73 Å². The van der Waals surface area contributed by atoms with Crippen LogP contribution in [0.3, 0.4) is 0 Å². The average Bonchev–Trinajstić information content (AvgIpc) is 2.12. The Balaban J connectivity index is 3.33. The summed E-state index contributed by atoms with van der Waals surface area (Å²) in [5, 5.41) is 9.32. The maximum atomic E-state index is 10.6. The van der Waals surface area contributed by atoms with Crippen LogP contribution in [0.1, 0.15) is 15.9 Å². The number of benzene rings is 1. The van der Waals surface area contributed by atoms with Crippen LogP contribution in [-0.4, -0.2) is 11.4 Å². The molecule has 0 fully saturated rings. The van der Waals surface area contributed by atoms with E-state index in [0.29, 0.717) is 24.0 Å². The number of hydrogen-bond donors (Lipinski definition) is 2. The van der Waals surface area contributed by atoms with Crippen molar-refractivity contribution in [3.05, 3.63) is 35.9 Å². The normalized spacial score (nSPS) is 9.54. The number of rotatable bonds is 3. The molecule has 0 saturated heterocycles. The van der Waals surface area contributed by atoms with E-state index in [1.807, 2.05) is 0 Å². The van der Waals surface area contributed by atoms with Crippen molar-refractivity contribution >= 4 is 12.0 Å². The third-order valence-corrected chi connectivity index (χ3v) is 1.84. The molecule has 1 aromatic carbocycles. The van der Waals surface area contributed by atoms with Crippen molar-refractivity contribution in [2.24, 2.45) is 0 Å². The van der Waals surface area contributed by atoms with Gasteiger partial charge in [0.25, 0.3) is 0 Å². The summed E-state index contributed by atoms with van der Waals surface area (Å²) in [5.41, 5.74) is 7.01. The highest BCUT2D eigenvalue weighted by Crippen LogP contribution is 2.25. The van der Waals surface area contributed by atoms with Gasteiger partial charge in [0, 0.05) is 5.69 Å². The maximum Gasteiger partial charge on any atom is 0.154 e. The Kier molecular flexibility index (Phi) is 2.69. The van der Waals surface area contributed by atoms with E-state index in [0.717, 1.165) is 0 Å². The Morgan fingerprint density at radius 1 is 1.54 bits per heavy atom. The molecular formula is C10H11NO2. The molecule has 13 heavy (non-hydrogen) atoms. The summed E-state index contributed by atoms with van der Waals surface area (Å²) in [5.74, 6) is -0.0407. The van der Waals surface area contributed by atoms with E-state index >= 15 is 0 Å². The van der Waals surface area contributed by atoms with Crippen LogP contribution in [0.2, 0.25) is 0 Å². The van der Waals surface area contributed by atoms with Gasteiger partial charge in [-0.3, -0.25) is 4.79 Å². The van der Waals surface area contributed by atoms with Gasteiger partial charge in [0.05, 0.1) is 5.56 Å². The minimum atomic E-state index is -0.0407. The lowest BCUT2D eigenvalue weighted by Gasteiger charge is -2.07. The molecule has 68 valence electrons. The van der Waals surface area contributed by atoms with Crippen molar-refractivity contribution in [1.82, 2.24) is 0 Å². The molecule has 0 amide bonds. The van der Waals surface area contributed by atoms with Crippen LogP contribution < -0.4 is 5.73 Å². The number of aldehydes is 1. The number of carbonyl (C=O) groups is 1. The molecule has 1 aromatic rings. The Morgan fingerprint density at radius 3 is 2.77 bits per heavy atom. The summed E-state index contributed by atoms with van der Waals surface area (Å²) < 4.78 is 0. The fourth-order valence-electron chi connectivity index (χ4n) is 1.17. The monoisotopic (exact) mass is 177 g/mol. The standard InChI is InChI=1S/C10H11NO2/c1-2-3-7-8(6-12)10(13)5-4-9(7)11/h2,4-6,13H,1,3,11H2. The molecule has 0 unspecified atom stereocenters. The molecule has 0 heterocycles. The molecule has 0 saturated carbocycles. The molecule has 0 spiro atoms. The highest BCUT2D eigenvalue weighted by Gasteiger charge is 2.08. The number of phenolic OH excluding ortho intramolecular Hbond substituents is 1. The van der Waals surface area contributed by atoms with Crippen molar-refractivity contribution in [3.8, 4) is 5.75 Å². The van der Waals surface area contributed by atoms with Gasteiger partial charge in [-0.05, 0) is 24.1 Å². The van der Waals surface area contributed by atoms with Crippen LogP contribution in [0, 0.1) is 0 Å². The topological polar surface area (TPSA) is 63.3 Å². The van der Waals surface area contributed by atoms with E-state index < -0.39 is 0 Å². The summed E-state index contributed by atoms with van der Waals surface area (Å²) in [6.07, 6.45) is 2.72. The highest BCUT2D eigenvalue weighted by molar-refractivity contribution is 5.84. The second-order valence-electron chi connectivity index (χ2n) is 2.68. The molecule has 0 aliphatic carbocycles. The summed E-state index contributed by atoms with van der Waals surface area (Å²) in [4.78, 5) is 10.6. The van der Waals surface area contributed by atoms with Crippen molar-refractivity contribution in [1.29, 1.82) is 0 Å². The van der Waals surface area contributed by atoms with Gasteiger partial charge in [0.1, 0.15) is 5.75 Å². The number of hydrogen-bond acceptors (Lipinski definition) is 3. The van der Waals surface area contributed by atoms with E-state index in [-0.39, 0.29) is 11.3 Å². The maximum absolute atomic E-state index is 10.6. The summed E-state index contributed by atoms with van der Waals surface area (Å²) >= 11 is 0. The summed E-state index contributed by atoms with van der Waals surface area (Å²) in [6.45, 7) is 3.55. The van der Waals surface area contributed by atoms with Gasteiger partial charge in [-0.15, -0.1) is 6.58 Å². The first-order valence-electron chi connectivity index (χ1n) is 3.87. The van der Waals surface area contributed by atoms with Crippen LogP contribution in [0.5, 0.6) is 5.75 Å². The van der Waals surface area contributed by atoms with Crippen LogP contribution in [-0.2, 0) is 6.42 Å². The highest BCUT2D eigenvalue weighted by atomic mass is 16.3. The van der Waals surface area contributed by atoms with Gasteiger partial charge in [0.2, 0.25) is 0 Å². The largest absolute Gasteiger partial charge is 0.507 e. The number of aromatic hydroxyl groups is 1. The van der Waals surface area contributed by atoms with Crippen LogP contribution in [0.25, 0.3) is 0 Å². The number of nitrogens with two attached hydrogens (primary N) is 1. The zero-order chi connectivity index (χ0) is 9.84. The number of allylic oxidation sites excluding steroid dienone is 1. The lowest BCUT2D eigenvalue weighted by molar-refractivity contribution is 0.112. The third-order valence-electron chi connectivity index (χ3n) is 1.84. The first kappa shape index (κ1) is 9.32. The first-order valence-corrected chi connectivity index (χ1v) is 3.87. The fraction of sp³-hybridized carbons (Fsp3) is 0.100. The van der Waals surface area contributed by atoms with Crippen LogP contribution in [0.4, 0.5) is 5.69 Å². The molecule has 0 aromatic heterocycles. The van der Waals surface area contributed by atoms with Crippen molar-refractivity contribution in [2.45, 2.75) is 6.42 Å². The van der Waals surface area contributed by atoms with E-state index in [2.05, 4.69) is 6.58 Å². The quantitative estimate of drug-likeness (QED) is 0.318. The number of anilines is 1. The average molecular weight is 177 g/mol. The SMILES string of the molecule is C=CCc1c(N)ccc(O)c1C=O. The van der Waals surface area contributed by atoms with E-state index in [9.17, 15) is 9.90 Å². The molecule has 1 rings (SSSR count). The first-order chi connectivity index (χ1) is 6.20. The molecule has 0 radical (unpaired) electrons. The lowest BCUT2D eigenvalue weighted by atomic mass is 10.0. The zero-order valence-electron chi connectivity index (χ0n) is 7.16. The molecule has 3 heteroatoms. The Bertz CT molecular complexity index is 345. The molecule has 3 N–H and O–H groups in total. The van der Waals surface area contributed by atoms with E-state index in [1.165, 1.54) is 6.07 Å². The van der Waals surface area contributed by atoms with Gasteiger partial charge >= 0.3 is 0 Å². The molecule has 0 atom stereocenters. The fourth-order valence-corrected chi connectivity index (χ4v) is 1.17. The lowest BCUT2D eigenvalue weighted by Crippen LogP contribution is -1.98.